The molecule has 1 fully saturated rings. The van der Waals surface area contributed by atoms with Gasteiger partial charge in [0.1, 0.15) is 17.6 Å². The highest BCUT2D eigenvalue weighted by atomic mass is 16.5. The Labute approximate surface area is 184 Å². The molecule has 3 heterocycles. The molecule has 1 amide bonds. The number of morpholine rings is 1. The molecule has 8 heteroatoms. The third-order valence-corrected chi connectivity index (χ3v) is 5.76. The molecule has 1 aliphatic heterocycles. The minimum atomic E-state index is -0.367. The van der Waals surface area contributed by atoms with E-state index in [1.807, 2.05) is 36.4 Å². The van der Waals surface area contributed by atoms with Gasteiger partial charge in [-0.3, -0.25) is 19.1 Å². The van der Waals surface area contributed by atoms with Crippen molar-refractivity contribution >= 4 is 28.0 Å². The van der Waals surface area contributed by atoms with E-state index in [-0.39, 0.29) is 23.6 Å². The van der Waals surface area contributed by atoms with Crippen molar-refractivity contribution in [2.45, 2.75) is 19.6 Å². The van der Waals surface area contributed by atoms with E-state index in [2.05, 4.69) is 21.3 Å². The zero-order chi connectivity index (χ0) is 21.9. The smallest absolute Gasteiger partial charge is 0.297 e. The molecular weight excluding hydrogens is 408 g/mol. The zero-order valence-electron chi connectivity index (χ0n) is 17.6. The summed E-state index contributed by atoms with van der Waals surface area (Å²) >= 11 is 0. The van der Waals surface area contributed by atoms with Gasteiger partial charge in [-0.25, -0.2) is 4.98 Å². The monoisotopic (exact) mass is 432 g/mol. The second-order valence-electron chi connectivity index (χ2n) is 7.89. The normalized spacial score (nSPS) is 14.8. The Bertz CT molecular complexity index is 1320. The number of nitrogens with one attached hydrogen (secondary N) is 1. The molecule has 164 valence electrons. The average Bonchev–Trinajstić information content (AvgIpc) is 3.21. The van der Waals surface area contributed by atoms with Gasteiger partial charge in [0.2, 0.25) is 11.5 Å². The van der Waals surface area contributed by atoms with E-state index in [0.29, 0.717) is 17.6 Å². The first-order valence-electron chi connectivity index (χ1n) is 10.7. The van der Waals surface area contributed by atoms with Crippen LogP contribution in [0.4, 0.5) is 0 Å². The van der Waals surface area contributed by atoms with Crippen LogP contribution in [0.2, 0.25) is 0 Å². The van der Waals surface area contributed by atoms with Gasteiger partial charge in [-0.2, -0.15) is 0 Å². The standard InChI is InChI=1S/C24H24N4O4/c29-21(25-13-17-5-1-2-6-18(17)14-27-9-11-31-12-10-27)15-28-16-26-22-19-7-3-4-8-20(19)32-23(22)24(28)30/h1-8,16H,9-15H2,(H,25,29). The van der Waals surface area contributed by atoms with Crippen LogP contribution in [0, 0.1) is 0 Å². The predicted molar refractivity (Wildman–Crippen MR) is 120 cm³/mol. The topological polar surface area (TPSA) is 89.6 Å². The van der Waals surface area contributed by atoms with E-state index in [9.17, 15) is 9.59 Å². The molecule has 0 aliphatic carbocycles. The number of hydrogen-bond acceptors (Lipinski definition) is 6. The molecule has 0 spiro atoms. The summed E-state index contributed by atoms with van der Waals surface area (Å²) in [5, 5.41) is 3.71. The van der Waals surface area contributed by atoms with Crippen LogP contribution in [0.15, 0.2) is 64.1 Å². The fraction of sp³-hybridized carbons (Fsp3) is 0.292. The molecule has 2 aromatic carbocycles. The third-order valence-electron chi connectivity index (χ3n) is 5.76. The molecule has 1 N–H and O–H groups in total. The number of para-hydroxylation sites is 1. The number of fused-ring (bicyclic) bond motifs is 3. The minimum absolute atomic E-state index is 0.121. The van der Waals surface area contributed by atoms with Crippen molar-refractivity contribution in [3.63, 3.8) is 0 Å². The first-order valence-corrected chi connectivity index (χ1v) is 10.7. The second kappa shape index (κ2) is 8.94. The lowest BCUT2D eigenvalue weighted by Gasteiger charge is -2.27. The van der Waals surface area contributed by atoms with Gasteiger partial charge in [-0.15, -0.1) is 0 Å². The van der Waals surface area contributed by atoms with Crippen molar-refractivity contribution in [3.05, 3.63) is 76.3 Å². The van der Waals surface area contributed by atoms with Crippen molar-refractivity contribution in [2.75, 3.05) is 26.3 Å². The van der Waals surface area contributed by atoms with Gasteiger partial charge in [0.25, 0.3) is 5.56 Å². The summed E-state index contributed by atoms with van der Waals surface area (Å²) in [4.78, 5) is 32.1. The Morgan fingerprint density at radius 3 is 2.62 bits per heavy atom. The van der Waals surface area contributed by atoms with E-state index >= 15 is 0 Å². The van der Waals surface area contributed by atoms with E-state index in [4.69, 9.17) is 9.15 Å². The molecule has 8 nitrogen and oxygen atoms in total. The number of carbonyl (C=O) groups excluding carboxylic acids is 1. The van der Waals surface area contributed by atoms with Crippen molar-refractivity contribution < 1.29 is 13.9 Å². The molecular formula is C24H24N4O4. The van der Waals surface area contributed by atoms with Crippen molar-refractivity contribution in [1.29, 1.82) is 0 Å². The average molecular weight is 432 g/mol. The Hall–Kier alpha value is -3.49. The first-order chi connectivity index (χ1) is 15.7. The Morgan fingerprint density at radius 1 is 1.03 bits per heavy atom. The number of carbonyl (C=O) groups is 1. The maximum Gasteiger partial charge on any atom is 0.297 e. The molecule has 1 aliphatic rings. The van der Waals surface area contributed by atoms with Gasteiger partial charge < -0.3 is 14.5 Å². The highest BCUT2D eigenvalue weighted by Crippen LogP contribution is 2.24. The van der Waals surface area contributed by atoms with E-state index in [1.165, 1.54) is 16.5 Å². The Kier molecular flexibility index (Phi) is 5.70. The van der Waals surface area contributed by atoms with Gasteiger partial charge in [-0.05, 0) is 23.3 Å². The van der Waals surface area contributed by atoms with Crippen LogP contribution in [0.25, 0.3) is 22.1 Å². The van der Waals surface area contributed by atoms with Gasteiger partial charge in [-0.1, -0.05) is 36.4 Å². The Morgan fingerprint density at radius 2 is 1.78 bits per heavy atom. The largest absolute Gasteiger partial charge is 0.448 e. The quantitative estimate of drug-likeness (QED) is 0.503. The van der Waals surface area contributed by atoms with Crippen molar-refractivity contribution in [2.24, 2.45) is 0 Å². The van der Waals surface area contributed by atoms with Crippen LogP contribution in [0.3, 0.4) is 0 Å². The highest BCUT2D eigenvalue weighted by Gasteiger charge is 2.16. The third kappa shape index (κ3) is 4.15. The van der Waals surface area contributed by atoms with Crippen LogP contribution in [0.1, 0.15) is 11.1 Å². The summed E-state index contributed by atoms with van der Waals surface area (Å²) < 4.78 is 12.4. The first kappa shape index (κ1) is 20.4. The summed E-state index contributed by atoms with van der Waals surface area (Å²) in [7, 11) is 0. The van der Waals surface area contributed by atoms with Crippen molar-refractivity contribution in [1.82, 2.24) is 19.8 Å². The number of furan rings is 1. The van der Waals surface area contributed by atoms with Gasteiger partial charge in [0.05, 0.1) is 19.5 Å². The maximum absolute atomic E-state index is 12.8. The van der Waals surface area contributed by atoms with Gasteiger partial charge >= 0.3 is 0 Å². The molecule has 0 saturated carbocycles. The fourth-order valence-corrected chi connectivity index (χ4v) is 4.02. The van der Waals surface area contributed by atoms with E-state index in [0.717, 1.165) is 43.8 Å². The molecule has 0 bridgehead atoms. The maximum atomic E-state index is 12.8. The van der Waals surface area contributed by atoms with E-state index in [1.54, 1.807) is 6.07 Å². The molecule has 32 heavy (non-hydrogen) atoms. The van der Waals surface area contributed by atoms with Crippen LogP contribution >= 0.6 is 0 Å². The molecule has 0 atom stereocenters. The number of ether oxygens (including phenoxy) is 1. The number of nitrogens with zero attached hydrogens (tertiary/aromatic N) is 3. The van der Waals surface area contributed by atoms with E-state index < -0.39 is 0 Å². The number of amides is 1. The molecule has 4 aromatic rings. The number of rotatable bonds is 6. The molecule has 1 saturated heterocycles. The predicted octanol–water partition coefficient (Wildman–Crippen LogP) is 2.29. The molecule has 5 rings (SSSR count). The van der Waals surface area contributed by atoms with Gasteiger partial charge in [0.15, 0.2) is 0 Å². The minimum Gasteiger partial charge on any atom is -0.448 e. The lowest BCUT2D eigenvalue weighted by atomic mass is 10.1. The Balaban J connectivity index is 1.27. The fourth-order valence-electron chi connectivity index (χ4n) is 4.02. The SMILES string of the molecule is O=C(Cn1cnc2c(oc3ccccc32)c1=O)NCc1ccccc1CN1CCOCC1. The number of hydrogen-bond donors (Lipinski definition) is 1. The molecule has 0 unspecified atom stereocenters. The summed E-state index contributed by atoms with van der Waals surface area (Å²) in [6, 6.07) is 15.4. The van der Waals surface area contributed by atoms with Crippen LogP contribution in [0.5, 0.6) is 0 Å². The summed E-state index contributed by atoms with van der Waals surface area (Å²) in [6.07, 6.45) is 1.40. The zero-order valence-corrected chi connectivity index (χ0v) is 17.6. The summed E-state index contributed by atoms with van der Waals surface area (Å²) in [6.45, 7) is 4.40. The van der Waals surface area contributed by atoms with Crippen LogP contribution in [-0.2, 0) is 29.2 Å². The summed E-state index contributed by atoms with van der Waals surface area (Å²) in [5.41, 5.74) is 3.15. The van der Waals surface area contributed by atoms with Crippen LogP contribution < -0.4 is 10.9 Å². The highest BCUT2D eigenvalue weighted by molar-refractivity contribution is 6.01. The lowest BCUT2D eigenvalue weighted by molar-refractivity contribution is -0.121. The van der Waals surface area contributed by atoms with Crippen molar-refractivity contribution in [3.8, 4) is 0 Å². The summed E-state index contributed by atoms with van der Waals surface area (Å²) in [5.74, 6) is -0.259. The number of aromatic nitrogens is 2. The second-order valence-corrected chi connectivity index (χ2v) is 7.89. The number of benzene rings is 2. The molecule has 2 aromatic heterocycles. The molecule has 0 radical (unpaired) electrons. The van der Waals surface area contributed by atoms with Gasteiger partial charge in [0, 0.05) is 31.6 Å². The lowest BCUT2D eigenvalue weighted by Crippen LogP contribution is -2.36. The van der Waals surface area contributed by atoms with Crippen LogP contribution in [-0.4, -0.2) is 46.7 Å².